The summed E-state index contributed by atoms with van der Waals surface area (Å²) in [5.74, 6) is 1.32. The van der Waals surface area contributed by atoms with Crippen LogP contribution >= 0.6 is 11.6 Å². The van der Waals surface area contributed by atoms with E-state index in [1.165, 1.54) is 12.7 Å². The number of carbonyl (C=O) groups is 1. The number of carbonyl (C=O) groups excluding carboxylic acids is 1. The molecule has 2 saturated heterocycles. The number of likely N-dealkylation sites (tertiary alicyclic amines) is 1. The minimum atomic E-state index is -0.380. The van der Waals surface area contributed by atoms with Crippen molar-refractivity contribution in [3.63, 3.8) is 0 Å². The van der Waals surface area contributed by atoms with Crippen LogP contribution in [0.3, 0.4) is 0 Å². The highest BCUT2D eigenvalue weighted by molar-refractivity contribution is 6.29. The van der Waals surface area contributed by atoms with Gasteiger partial charge >= 0.3 is 0 Å². The van der Waals surface area contributed by atoms with Crippen molar-refractivity contribution in [2.75, 3.05) is 26.2 Å². The van der Waals surface area contributed by atoms with E-state index < -0.39 is 0 Å². The summed E-state index contributed by atoms with van der Waals surface area (Å²) in [6.07, 6.45) is 2.90. The second-order valence-corrected chi connectivity index (χ2v) is 5.75. The molecule has 3 heterocycles. The standard InChI is InChI=1S/C12H17ClN2O2/c13-10-2-11(17-7-10)12(16)15-5-8-1-9(6-15)4-14-3-8/h7-9,11,14H,1-6H2. The fraction of sp³-hybridized carbons (Fsp3) is 0.750. The average molecular weight is 257 g/mol. The Morgan fingerprint density at radius 2 is 2.12 bits per heavy atom. The normalized spacial score (nSPS) is 36.4. The Morgan fingerprint density at radius 1 is 1.41 bits per heavy atom. The van der Waals surface area contributed by atoms with Gasteiger partial charge in [-0.15, -0.1) is 0 Å². The molecule has 3 unspecified atom stereocenters. The number of hydrogen-bond acceptors (Lipinski definition) is 3. The van der Waals surface area contributed by atoms with Gasteiger partial charge in [-0.05, 0) is 31.3 Å². The second kappa shape index (κ2) is 4.50. The molecule has 1 amide bonds. The maximum atomic E-state index is 12.3. The number of nitrogens with zero attached hydrogens (tertiary/aromatic N) is 1. The highest BCUT2D eigenvalue weighted by Crippen LogP contribution is 2.28. The Hall–Kier alpha value is -0.740. The quantitative estimate of drug-likeness (QED) is 0.759. The van der Waals surface area contributed by atoms with Gasteiger partial charge in [0.05, 0.1) is 11.3 Å². The zero-order chi connectivity index (χ0) is 11.8. The van der Waals surface area contributed by atoms with Crippen LogP contribution in [-0.2, 0) is 9.53 Å². The molecule has 2 fully saturated rings. The van der Waals surface area contributed by atoms with Crippen LogP contribution in [0.1, 0.15) is 12.8 Å². The predicted octanol–water partition coefficient (Wildman–Crippen LogP) is 0.923. The number of hydrogen-bond donors (Lipinski definition) is 1. The Bertz CT molecular complexity index is 346. The van der Waals surface area contributed by atoms with Crippen molar-refractivity contribution < 1.29 is 9.53 Å². The van der Waals surface area contributed by atoms with Crippen LogP contribution in [0.4, 0.5) is 0 Å². The van der Waals surface area contributed by atoms with E-state index in [1.54, 1.807) is 0 Å². The molecule has 0 saturated carbocycles. The molecule has 94 valence electrons. The molecule has 0 radical (unpaired) electrons. The first kappa shape index (κ1) is 11.4. The first-order valence-corrected chi connectivity index (χ1v) is 6.59. The van der Waals surface area contributed by atoms with E-state index in [9.17, 15) is 4.79 Å². The molecule has 0 spiro atoms. The number of rotatable bonds is 1. The maximum absolute atomic E-state index is 12.3. The molecule has 3 atom stereocenters. The zero-order valence-electron chi connectivity index (χ0n) is 9.69. The topological polar surface area (TPSA) is 41.6 Å². The van der Waals surface area contributed by atoms with Crippen molar-refractivity contribution in [1.29, 1.82) is 0 Å². The first-order valence-electron chi connectivity index (χ1n) is 6.22. The third kappa shape index (κ3) is 2.29. The molecule has 17 heavy (non-hydrogen) atoms. The molecule has 3 aliphatic heterocycles. The Balaban J connectivity index is 1.62. The van der Waals surface area contributed by atoms with Gasteiger partial charge in [0.25, 0.3) is 5.91 Å². The smallest absolute Gasteiger partial charge is 0.264 e. The van der Waals surface area contributed by atoms with Gasteiger partial charge in [-0.2, -0.15) is 0 Å². The lowest BCUT2D eigenvalue weighted by Crippen LogP contribution is -2.54. The van der Waals surface area contributed by atoms with E-state index in [2.05, 4.69) is 5.32 Å². The second-order valence-electron chi connectivity index (χ2n) is 5.26. The van der Waals surface area contributed by atoms with Gasteiger partial charge in [-0.1, -0.05) is 11.6 Å². The van der Waals surface area contributed by atoms with Gasteiger partial charge in [-0.3, -0.25) is 4.79 Å². The highest BCUT2D eigenvalue weighted by atomic mass is 35.5. The predicted molar refractivity (Wildman–Crippen MR) is 64.5 cm³/mol. The summed E-state index contributed by atoms with van der Waals surface area (Å²) in [6.45, 7) is 3.79. The highest BCUT2D eigenvalue weighted by Gasteiger charge is 2.36. The Labute approximate surface area is 106 Å². The van der Waals surface area contributed by atoms with Gasteiger partial charge in [0.15, 0.2) is 6.10 Å². The number of ether oxygens (including phenoxy) is 1. The lowest BCUT2D eigenvalue weighted by atomic mass is 9.85. The van der Waals surface area contributed by atoms with Crippen LogP contribution in [0, 0.1) is 11.8 Å². The van der Waals surface area contributed by atoms with Gasteiger partial charge in [-0.25, -0.2) is 0 Å². The number of piperidine rings is 2. The largest absolute Gasteiger partial charge is 0.487 e. The van der Waals surface area contributed by atoms with E-state index in [0.29, 0.717) is 23.3 Å². The number of amides is 1. The monoisotopic (exact) mass is 256 g/mol. The van der Waals surface area contributed by atoms with Crippen molar-refractivity contribution in [3.8, 4) is 0 Å². The molecule has 5 heteroatoms. The van der Waals surface area contributed by atoms with Crippen molar-refractivity contribution in [2.24, 2.45) is 11.8 Å². The van der Waals surface area contributed by atoms with Crippen LogP contribution < -0.4 is 5.32 Å². The fourth-order valence-corrected chi connectivity index (χ4v) is 3.26. The molecule has 0 aromatic carbocycles. The molecule has 1 N–H and O–H groups in total. The third-order valence-electron chi connectivity index (χ3n) is 3.82. The summed E-state index contributed by atoms with van der Waals surface area (Å²) in [5, 5.41) is 4.06. The van der Waals surface area contributed by atoms with Crippen LogP contribution in [0.15, 0.2) is 11.3 Å². The summed E-state index contributed by atoms with van der Waals surface area (Å²) in [7, 11) is 0. The third-order valence-corrected chi connectivity index (χ3v) is 4.06. The molecule has 0 aromatic heterocycles. The van der Waals surface area contributed by atoms with E-state index in [0.717, 1.165) is 26.2 Å². The maximum Gasteiger partial charge on any atom is 0.264 e. The van der Waals surface area contributed by atoms with E-state index in [4.69, 9.17) is 16.3 Å². The SMILES string of the molecule is O=C(C1CC(Cl)=CO1)N1CC2CNCC(C2)C1. The van der Waals surface area contributed by atoms with Gasteiger partial charge in [0, 0.05) is 19.5 Å². The molecular weight excluding hydrogens is 240 g/mol. The molecule has 3 aliphatic rings. The van der Waals surface area contributed by atoms with E-state index in [-0.39, 0.29) is 12.0 Å². The Kier molecular flexibility index (Phi) is 3.01. The molecule has 3 rings (SSSR count). The first-order chi connectivity index (χ1) is 8.22. The summed E-state index contributed by atoms with van der Waals surface area (Å²) >= 11 is 5.84. The summed E-state index contributed by atoms with van der Waals surface area (Å²) < 4.78 is 5.30. The minimum Gasteiger partial charge on any atom is -0.487 e. The molecular formula is C12H17ClN2O2. The van der Waals surface area contributed by atoms with Gasteiger partial charge < -0.3 is 15.0 Å². The van der Waals surface area contributed by atoms with E-state index in [1.807, 2.05) is 4.90 Å². The van der Waals surface area contributed by atoms with Crippen LogP contribution in [0.5, 0.6) is 0 Å². The molecule has 2 bridgehead atoms. The molecule has 0 aliphatic carbocycles. The number of fused-ring (bicyclic) bond motifs is 2. The summed E-state index contributed by atoms with van der Waals surface area (Å²) in [6, 6.07) is 0. The van der Waals surface area contributed by atoms with Crippen molar-refractivity contribution in [1.82, 2.24) is 10.2 Å². The van der Waals surface area contributed by atoms with Crippen molar-refractivity contribution >= 4 is 17.5 Å². The van der Waals surface area contributed by atoms with Crippen LogP contribution in [0.2, 0.25) is 0 Å². The molecule has 0 aromatic rings. The van der Waals surface area contributed by atoms with Crippen LogP contribution in [-0.4, -0.2) is 43.1 Å². The van der Waals surface area contributed by atoms with Crippen molar-refractivity contribution in [3.05, 3.63) is 11.3 Å². The fourth-order valence-electron chi connectivity index (χ4n) is 3.06. The van der Waals surface area contributed by atoms with Crippen molar-refractivity contribution in [2.45, 2.75) is 18.9 Å². The minimum absolute atomic E-state index is 0.105. The summed E-state index contributed by atoms with van der Waals surface area (Å²) in [4.78, 5) is 14.2. The van der Waals surface area contributed by atoms with Gasteiger partial charge in [0.1, 0.15) is 0 Å². The average Bonchev–Trinajstić information content (AvgIpc) is 2.74. The zero-order valence-corrected chi connectivity index (χ0v) is 10.4. The summed E-state index contributed by atoms with van der Waals surface area (Å²) in [5.41, 5.74) is 0. The lowest BCUT2D eigenvalue weighted by Gasteiger charge is -2.42. The van der Waals surface area contributed by atoms with E-state index >= 15 is 0 Å². The molecule has 4 nitrogen and oxygen atoms in total. The van der Waals surface area contributed by atoms with Gasteiger partial charge in [0.2, 0.25) is 0 Å². The number of nitrogens with one attached hydrogen (secondary N) is 1. The van der Waals surface area contributed by atoms with Crippen LogP contribution in [0.25, 0.3) is 0 Å². The number of halogens is 1. The Morgan fingerprint density at radius 3 is 2.71 bits per heavy atom. The lowest BCUT2D eigenvalue weighted by molar-refractivity contribution is -0.143.